The monoisotopic (exact) mass is 355 g/mol. The van der Waals surface area contributed by atoms with E-state index in [1.165, 1.54) is 12.8 Å². The molecule has 3 nitrogen and oxygen atoms in total. The van der Waals surface area contributed by atoms with Crippen molar-refractivity contribution in [3.8, 4) is 0 Å². The molecule has 2 rings (SSSR count). The van der Waals surface area contributed by atoms with Crippen LogP contribution in [0.4, 0.5) is 0 Å². The lowest BCUT2D eigenvalue weighted by molar-refractivity contribution is -0.00349. The SMILES string of the molecule is CCCOC1CCCN(CCC(O)c2ccccc2Br)C1. The molecule has 0 aromatic heterocycles. The number of aliphatic hydroxyl groups is 1. The minimum Gasteiger partial charge on any atom is -0.388 e. The first-order valence-electron chi connectivity index (χ1n) is 7.97. The molecule has 2 atom stereocenters. The number of halogens is 1. The highest BCUT2D eigenvalue weighted by molar-refractivity contribution is 9.10. The zero-order valence-corrected chi connectivity index (χ0v) is 14.4. The van der Waals surface area contributed by atoms with Crippen molar-refractivity contribution < 1.29 is 9.84 Å². The maximum atomic E-state index is 10.4. The van der Waals surface area contributed by atoms with Crippen LogP contribution < -0.4 is 0 Å². The molecule has 1 aromatic rings. The Kier molecular flexibility index (Phi) is 7.17. The molecular formula is C17H26BrNO2. The van der Waals surface area contributed by atoms with Gasteiger partial charge in [-0.25, -0.2) is 0 Å². The van der Waals surface area contributed by atoms with E-state index in [2.05, 4.69) is 27.8 Å². The molecule has 0 radical (unpaired) electrons. The Bertz CT molecular complexity index is 427. The predicted molar refractivity (Wildman–Crippen MR) is 89.4 cm³/mol. The summed E-state index contributed by atoms with van der Waals surface area (Å²) in [5.41, 5.74) is 0.980. The van der Waals surface area contributed by atoms with Gasteiger partial charge in [0.15, 0.2) is 0 Å². The Labute approximate surface area is 136 Å². The van der Waals surface area contributed by atoms with Gasteiger partial charge in [0.1, 0.15) is 0 Å². The second-order valence-electron chi connectivity index (χ2n) is 5.76. The molecule has 0 aliphatic carbocycles. The van der Waals surface area contributed by atoms with Crippen LogP contribution >= 0.6 is 15.9 Å². The van der Waals surface area contributed by atoms with Crippen LogP contribution in [0.15, 0.2) is 28.7 Å². The Morgan fingerprint density at radius 2 is 2.24 bits per heavy atom. The number of hydrogen-bond donors (Lipinski definition) is 1. The summed E-state index contributed by atoms with van der Waals surface area (Å²) in [5.74, 6) is 0. The van der Waals surface area contributed by atoms with Crippen molar-refractivity contribution in [2.45, 2.75) is 44.8 Å². The van der Waals surface area contributed by atoms with Crippen LogP contribution in [0, 0.1) is 0 Å². The Balaban J connectivity index is 1.78. The van der Waals surface area contributed by atoms with Gasteiger partial charge in [0, 0.05) is 24.2 Å². The number of nitrogens with zero attached hydrogens (tertiary/aromatic N) is 1. The van der Waals surface area contributed by atoms with E-state index in [0.29, 0.717) is 6.10 Å². The molecule has 0 amide bonds. The molecule has 0 spiro atoms. The fourth-order valence-corrected chi connectivity index (χ4v) is 3.39. The van der Waals surface area contributed by atoms with E-state index >= 15 is 0 Å². The Morgan fingerprint density at radius 1 is 1.43 bits per heavy atom. The fourth-order valence-electron chi connectivity index (χ4n) is 2.84. The van der Waals surface area contributed by atoms with Crippen molar-refractivity contribution in [1.29, 1.82) is 0 Å². The lowest BCUT2D eigenvalue weighted by Gasteiger charge is -2.33. The molecule has 1 aliphatic heterocycles. The third-order valence-corrected chi connectivity index (χ3v) is 4.73. The van der Waals surface area contributed by atoms with E-state index < -0.39 is 6.10 Å². The molecular weight excluding hydrogens is 330 g/mol. The molecule has 1 saturated heterocycles. The van der Waals surface area contributed by atoms with Gasteiger partial charge < -0.3 is 14.7 Å². The van der Waals surface area contributed by atoms with E-state index in [1.807, 2.05) is 24.3 Å². The molecule has 1 fully saturated rings. The average Bonchev–Trinajstić information content (AvgIpc) is 2.51. The van der Waals surface area contributed by atoms with Crippen LogP contribution in [0.5, 0.6) is 0 Å². The van der Waals surface area contributed by atoms with Gasteiger partial charge in [-0.3, -0.25) is 0 Å². The van der Waals surface area contributed by atoms with Gasteiger partial charge in [-0.05, 0) is 43.9 Å². The molecule has 21 heavy (non-hydrogen) atoms. The summed E-state index contributed by atoms with van der Waals surface area (Å²) in [5, 5.41) is 10.4. The van der Waals surface area contributed by atoms with Gasteiger partial charge in [-0.15, -0.1) is 0 Å². The number of ether oxygens (including phenoxy) is 1. The number of benzene rings is 1. The first-order valence-corrected chi connectivity index (χ1v) is 8.76. The van der Waals surface area contributed by atoms with Crippen molar-refractivity contribution in [1.82, 2.24) is 4.90 Å². The lowest BCUT2D eigenvalue weighted by Crippen LogP contribution is -2.40. The zero-order valence-electron chi connectivity index (χ0n) is 12.8. The van der Waals surface area contributed by atoms with Crippen molar-refractivity contribution in [2.75, 3.05) is 26.2 Å². The summed E-state index contributed by atoms with van der Waals surface area (Å²) < 4.78 is 6.85. The van der Waals surface area contributed by atoms with Gasteiger partial charge in [-0.1, -0.05) is 41.1 Å². The minimum atomic E-state index is -0.405. The highest BCUT2D eigenvalue weighted by Gasteiger charge is 2.21. The Morgan fingerprint density at radius 3 is 3.00 bits per heavy atom. The third kappa shape index (κ3) is 5.37. The zero-order chi connectivity index (χ0) is 15.1. The minimum absolute atomic E-state index is 0.374. The van der Waals surface area contributed by atoms with Crippen LogP contribution in [0.3, 0.4) is 0 Å². The first-order chi connectivity index (χ1) is 10.2. The molecule has 2 unspecified atom stereocenters. The van der Waals surface area contributed by atoms with E-state index in [4.69, 9.17) is 4.74 Å². The van der Waals surface area contributed by atoms with Gasteiger partial charge in [0.2, 0.25) is 0 Å². The van der Waals surface area contributed by atoms with Crippen LogP contribution in [-0.2, 0) is 4.74 Å². The molecule has 0 bridgehead atoms. The smallest absolute Gasteiger partial charge is 0.0813 e. The third-order valence-electron chi connectivity index (χ3n) is 4.00. The molecule has 118 valence electrons. The standard InChI is InChI=1S/C17H26BrNO2/c1-2-12-21-14-6-5-10-19(13-14)11-9-17(20)15-7-3-4-8-16(15)18/h3-4,7-8,14,17,20H,2,5-6,9-13H2,1H3. The first kappa shape index (κ1) is 16.9. The molecule has 1 heterocycles. The fraction of sp³-hybridized carbons (Fsp3) is 0.647. The maximum absolute atomic E-state index is 10.4. The average molecular weight is 356 g/mol. The normalized spacial score (nSPS) is 21.4. The van der Waals surface area contributed by atoms with E-state index in [0.717, 1.165) is 49.1 Å². The van der Waals surface area contributed by atoms with E-state index in [-0.39, 0.29) is 0 Å². The van der Waals surface area contributed by atoms with Crippen molar-refractivity contribution >= 4 is 15.9 Å². The topological polar surface area (TPSA) is 32.7 Å². The van der Waals surface area contributed by atoms with E-state index in [9.17, 15) is 5.11 Å². The molecule has 4 heteroatoms. The number of aliphatic hydroxyl groups excluding tert-OH is 1. The summed E-state index contributed by atoms with van der Waals surface area (Å²) in [6.07, 6.45) is 4.18. The lowest BCUT2D eigenvalue weighted by atomic mass is 10.0. The number of piperidine rings is 1. The van der Waals surface area contributed by atoms with Crippen molar-refractivity contribution in [3.63, 3.8) is 0 Å². The van der Waals surface area contributed by atoms with Crippen LogP contribution in [-0.4, -0.2) is 42.4 Å². The maximum Gasteiger partial charge on any atom is 0.0813 e. The van der Waals surface area contributed by atoms with Crippen LogP contribution in [0.25, 0.3) is 0 Å². The van der Waals surface area contributed by atoms with Gasteiger partial charge in [-0.2, -0.15) is 0 Å². The van der Waals surface area contributed by atoms with Gasteiger partial charge >= 0.3 is 0 Å². The quantitative estimate of drug-likeness (QED) is 0.807. The summed E-state index contributed by atoms with van der Waals surface area (Å²) in [6.45, 7) is 6.05. The van der Waals surface area contributed by atoms with Crippen LogP contribution in [0.1, 0.15) is 44.3 Å². The summed E-state index contributed by atoms with van der Waals surface area (Å²) in [6, 6.07) is 7.91. The second-order valence-corrected chi connectivity index (χ2v) is 6.62. The highest BCUT2D eigenvalue weighted by atomic mass is 79.9. The van der Waals surface area contributed by atoms with Crippen molar-refractivity contribution in [2.24, 2.45) is 0 Å². The summed E-state index contributed by atoms with van der Waals surface area (Å²) >= 11 is 3.51. The molecule has 1 N–H and O–H groups in total. The van der Waals surface area contributed by atoms with Gasteiger partial charge in [0.05, 0.1) is 12.2 Å². The number of rotatable bonds is 7. The second kappa shape index (κ2) is 8.89. The summed E-state index contributed by atoms with van der Waals surface area (Å²) in [7, 11) is 0. The van der Waals surface area contributed by atoms with Crippen molar-refractivity contribution in [3.05, 3.63) is 34.3 Å². The summed E-state index contributed by atoms with van der Waals surface area (Å²) in [4.78, 5) is 2.42. The Hall–Kier alpha value is -0.420. The van der Waals surface area contributed by atoms with E-state index in [1.54, 1.807) is 0 Å². The molecule has 1 aliphatic rings. The van der Waals surface area contributed by atoms with Crippen LogP contribution in [0.2, 0.25) is 0 Å². The predicted octanol–water partition coefficient (Wildman–Crippen LogP) is 3.76. The highest BCUT2D eigenvalue weighted by Crippen LogP contribution is 2.26. The molecule has 0 saturated carbocycles. The van der Waals surface area contributed by atoms with Gasteiger partial charge in [0.25, 0.3) is 0 Å². The largest absolute Gasteiger partial charge is 0.388 e. The number of likely N-dealkylation sites (tertiary alicyclic amines) is 1. The molecule has 1 aromatic carbocycles. The number of hydrogen-bond acceptors (Lipinski definition) is 3.